The number of nitrogens with zero attached hydrogens (tertiary/aromatic N) is 2. The van der Waals surface area contributed by atoms with Gasteiger partial charge in [-0.2, -0.15) is 0 Å². The Labute approximate surface area is 84.1 Å². The summed E-state index contributed by atoms with van der Waals surface area (Å²) in [5.74, 6) is -0.00182. The van der Waals surface area contributed by atoms with Crippen LogP contribution in [0.25, 0.3) is 0 Å². The number of amides is 1. The molecule has 14 heavy (non-hydrogen) atoms. The van der Waals surface area contributed by atoms with Gasteiger partial charge in [0.2, 0.25) is 13.3 Å². The second-order valence-corrected chi connectivity index (χ2v) is 6.23. The van der Waals surface area contributed by atoms with Crippen LogP contribution in [0.15, 0.2) is 0 Å². The Balaban J connectivity index is 2.49. The summed E-state index contributed by atoms with van der Waals surface area (Å²) < 4.78 is 11.6. The fourth-order valence-electron chi connectivity index (χ4n) is 1.61. The number of hydrogen-bond donors (Lipinski definition) is 1. The lowest BCUT2D eigenvalue weighted by Gasteiger charge is -2.22. The van der Waals surface area contributed by atoms with Crippen LogP contribution in [-0.2, 0) is 9.36 Å². The van der Waals surface area contributed by atoms with Crippen molar-refractivity contribution in [3.63, 3.8) is 0 Å². The Hall–Kier alpha value is -0.380. The van der Waals surface area contributed by atoms with Gasteiger partial charge in [0.05, 0.1) is 12.6 Å². The van der Waals surface area contributed by atoms with Crippen molar-refractivity contribution < 1.29 is 14.3 Å². The zero-order valence-electron chi connectivity index (χ0n) is 8.64. The molecule has 1 rings (SSSR count). The average Bonchev–Trinajstić information content (AvgIpc) is 2.32. The molecule has 1 atom stereocenters. The largest absolute Gasteiger partial charge is 0.342 e. The summed E-state index contributed by atoms with van der Waals surface area (Å²) in [7, 11) is 0.285. The van der Waals surface area contributed by atoms with Crippen molar-refractivity contribution in [2.75, 3.05) is 33.2 Å². The molecule has 0 bridgehead atoms. The van der Waals surface area contributed by atoms with Gasteiger partial charge in [0, 0.05) is 13.0 Å². The fourth-order valence-corrected chi connectivity index (χ4v) is 3.41. The molecule has 1 unspecified atom stereocenters. The molecule has 1 saturated heterocycles. The second kappa shape index (κ2) is 4.43. The molecular formula is C8H17N2O3P. The van der Waals surface area contributed by atoms with Gasteiger partial charge >= 0.3 is 0 Å². The molecule has 82 valence electrons. The highest BCUT2D eigenvalue weighted by molar-refractivity contribution is 7.57. The van der Waals surface area contributed by atoms with Gasteiger partial charge in [-0.15, -0.1) is 0 Å². The number of carbonyl (C=O) groups is 1. The Morgan fingerprint density at radius 3 is 2.64 bits per heavy atom. The van der Waals surface area contributed by atoms with E-state index in [0.29, 0.717) is 13.0 Å². The number of hydrogen-bond acceptors (Lipinski definition) is 3. The SMILES string of the molecule is CN(C)CP(=O)(O)CN1CCCC1=O. The molecule has 6 heteroatoms. The van der Waals surface area contributed by atoms with Crippen LogP contribution >= 0.6 is 7.37 Å². The van der Waals surface area contributed by atoms with Gasteiger partial charge in [-0.05, 0) is 20.5 Å². The number of rotatable bonds is 4. The number of carbonyl (C=O) groups excluding carboxylic acids is 1. The standard InChI is InChI=1S/C8H17N2O3P/c1-9(2)6-14(12,13)7-10-5-3-4-8(10)11/h3-7H2,1-2H3,(H,12,13). The smallest absolute Gasteiger partial charge is 0.232 e. The maximum Gasteiger partial charge on any atom is 0.232 e. The first-order valence-corrected chi connectivity index (χ1v) is 6.67. The van der Waals surface area contributed by atoms with Crippen molar-refractivity contribution in [3.05, 3.63) is 0 Å². The molecule has 5 nitrogen and oxygen atoms in total. The highest BCUT2D eigenvalue weighted by Crippen LogP contribution is 2.41. The van der Waals surface area contributed by atoms with Crippen LogP contribution < -0.4 is 0 Å². The Bertz CT molecular complexity index is 267. The highest BCUT2D eigenvalue weighted by atomic mass is 31.2. The normalized spacial score (nSPS) is 21.7. The van der Waals surface area contributed by atoms with Crippen molar-refractivity contribution in [2.24, 2.45) is 0 Å². The summed E-state index contributed by atoms with van der Waals surface area (Å²) in [6.07, 6.45) is 1.46. The predicted molar refractivity (Wildman–Crippen MR) is 54.2 cm³/mol. The van der Waals surface area contributed by atoms with Gasteiger partial charge in [-0.1, -0.05) is 0 Å². The van der Waals surface area contributed by atoms with Gasteiger partial charge in [0.15, 0.2) is 0 Å². The molecule has 1 amide bonds. The zero-order valence-corrected chi connectivity index (χ0v) is 9.54. The molecule has 0 spiro atoms. The van der Waals surface area contributed by atoms with E-state index in [0.717, 1.165) is 6.42 Å². The van der Waals surface area contributed by atoms with E-state index in [4.69, 9.17) is 0 Å². The third kappa shape index (κ3) is 3.40. The minimum Gasteiger partial charge on any atom is -0.342 e. The number of likely N-dealkylation sites (tertiary alicyclic amines) is 1. The topological polar surface area (TPSA) is 60.9 Å². The zero-order chi connectivity index (χ0) is 10.8. The van der Waals surface area contributed by atoms with E-state index in [2.05, 4.69) is 0 Å². The summed E-state index contributed by atoms with van der Waals surface area (Å²) in [4.78, 5) is 24.0. The van der Waals surface area contributed by atoms with E-state index >= 15 is 0 Å². The highest BCUT2D eigenvalue weighted by Gasteiger charge is 2.28. The molecule has 1 aliphatic rings. The van der Waals surface area contributed by atoms with E-state index < -0.39 is 7.37 Å². The first-order chi connectivity index (χ1) is 6.41. The van der Waals surface area contributed by atoms with E-state index in [1.54, 1.807) is 19.0 Å². The van der Waals surface area contributed by atoms with Crippen LogP contribution in [0.2, 0.25) is 0 Å². The monoisotopic (exact) mass is 220 g/mol. The van der Waals surface area contributed by atoms with Crippen molar-refractivity contribution in [2.45, 2.75) is 12.8 Å². The molecule has 1 fully saturated rings. The maximum absolute atomic E-state index is 11.6. The van der Waals surface area contributed by atoms with E-state index in [-0.39, 0.29) is 18.5 Å². The van der Waals surface area contributed by atoms with Gasteiger partial charge in [0.1, 0.15) is 0 Å². The lowest BCUT2D eigenvalue weighted by Crippen LogP contribution is -2.28. The first-order valence-electron chi connectivity index (χ1n) is 4.64. The summed E-state index contributed by atoms with van der Waals surface area (Å²) >= 11 is 0. The summed E-state index contributed by atoms with van der Waals surface area (Å²) in [6.45, 7) is 0.622. The summed E-state index contributed by atoms with van der Waals surface area (Å²) in [5, 5.41) is 0. The second-order valence-electron chi connectivity index (χ2n) is 3.97. The predicted octanol–water partition coefficient (Wildman–Crippen LogP) is 0.356. The Morgan fingerprint density at radius 1 is 1.57 bits per heavy atom. The third-order valence-electron chi connectivity index (χ3n) is 2.07. The van der Waals surface area contributed by atoms with Crippen LogP contribution in [0.5, 0.6) is 0 Å². The van der Waals surface area contributed by atoms with Gasteiger partial charge in [-0.3, -0.25) is 9.36 Å². The molecule has 0 saturated carbocycles. The van der Waals surface area contributed by atoms with Crippen LogP contribution in [0.4, 0.5) is 0 Å². The maximum atomic E-state index is 11.6. The van der Waals surface area contributed by atoms with E-state index in [9.17, 15) is 14.3 Å². The van der Waals surface area contributed by atoms with Crippen LogP contribution in [-0.4, -0.2) is 53.8 Å². The van der Waals surface area contributed by atoms with Gasteiger partial charge in [-0.25, -0.2) is 0 Å². The summed E-state index contributed by atoms with van der Waals surface area (Å²) in [5.41, 5.74) is 0. The minimum atomic E-state index is -3.20. The molecule has 1 aliphatic heterocycles. The van der Waals surface area contributed by atoms with Gasteiger partial charge < -0.3 is 14.7 Å². The lowest BCUT2D eigenvalue weighted by molar-refractivity contribution is -0.127. The van der Waals surface area contributed by atoms with E-state index in [1.807, 2.05) is 0 Å². The Morgan fingerprint density at radius 2 is 2.21 bits per heavy atom. The Kier molecular flexibility index (Phi) is 3.70. The van der Waals surface area contributed by atoms with Crippen LogP contribution in [0.1, 0.15) is 12.8 Å². The van der Waals surface area contributed by atoms with E-state index in [1.165, 1.54) is 4.90 Å². The quantitative estimate of drug-likeness (QED) is 0.695. The van der Waals surface area contributed by atoms with Crippen molar-refractivity contribution in [3.8, 4) is 0 Å². The van der Waals surface area contributed by atoms with Crippen molar-refractivity contribution in [1.82, 2.24) is 9.80 Å². The fraction of sp³-hybridized carbons (Fsp3) is 0.875. The lowest BCUT2D eigenvalue weighted by atomic mass is 10.4. The molecule has 0 aromatic carbocycles. The first kappa shape index (κ1) is 11.7. The summed E-state index contributed by atoms with van der Waals surface area (Å²) in [6, 6.07) is 0. The van der Waals surface area contributed by atoms with Crippen molar-refractivity contribution >= 4 is 13.3 Å². The molecule has 0 aliphatic carbocycles. The average molecular weight is 220 g/mol. The molecule has 1 N–H and O–H groups in total. The molecule has 0 aromatic heterocycles. The van der Waals surface area contributed by atoms with Crippen LogP contribution in [0.3, 0.4) is 0 Å². The van der Waals surface area contributed by atoms with Crippen LogP contribution in [0, 0.1) is 0 Å². The molecule has 1 heterocycles. The third-order valence-corrected chi connectivity index (χ3v) is 3.86. The molecule has 0 aromatic rings. The molecule has 0 radical (unpaired) electrons. The molecular weight excluding hydrogens is 203 g/mol. The van der Waals surface area contributed by atoms with Crippen molar-refractivity contribution in [1.29, 1.82) is 0 Å². The van der Waals surface area contributed by atoms with Gasteiger partial charge in [0.25, 0.3) is 0 Å². The minimum absolute atomic E-state index is 0.00182.